The lowest BCUT2D eigenvalue weighted by Gasteiger charge is -2.32. The maximum atomic E-state index is 12.2. The van der Waals surface area contributed by atoms with Crippen molar-refractivity contribution in [3.8, 4) is 0 Å². The van der Waals surface area contributed by atoms with Gasteiger partial charge in [0.1, 0.15) is 0 Å². The smallest absolute Gasteiger partial charge is 0.319 e. The molecule has 138 valence electrons. The molecule has 2 aromatic rings. The number of nitrogens with zero attached hydrogens (tertiary/aromatic N) is 1. The highest BCUT2D eigenvalue weighted by Crippen LogP contribution is 2.25. The number of carbonyl (C=O) groups excluding carboxylic acids is 1. The largest absolute Gasteiger partial charge is 0.335 e. The maximum absolute atomic E-state index is 12.2. The van der Waals surface area contributed by atoms with Crippen LogP contribution in [0, 0.1) is 0 Å². The van der Waals surface area contributed by atoms with Gasteiger partial charge < -0.3 is 10.6 Å². The second-order valence-electron chi connectivity index (χ2n) is 6.40. The molecule has 0 spiro atoms. The lowest BCUT2D eigenvalue weighted by Crippen LogP contribution is -2.45. The molecule has 2 amide bonds. The van der Waals surface area contributed by atoms with Crippen molar-refractivity contribution in [1.82, 2.24) is 10.2 Å². The zero-order valence-corrected chi connectivity index (χ0v) is 16.4. The van der Waals surface area contributed by atoms with Crippen molar-refractivity contribution in [3.05, 3.63) is 63.1 Å². The highest BCUT2D eigenvalue weighted by molar-refractivity contribution is 6.36. The van der Waals surface area contributed by atoms with Crippen molar-refractivity contribution in [3.63, 3.8) is 0 Å². The molecule has 1 saturated heterocycles. The number of benzene rings is 2. The van der Waals surface area contributed by atoms with Crippen LogP contribution in [0.3, 0.4) is 0 Å². The first-order valence-electron chi connectivity index (χ1n) is 8.49. The standard InChI is InChI=1S/C19H20Cl3N3O/c20-14-3-1-13(2-4-14)12-25-9-7-16(8-10-25)23-19(26)24-18-6-5-15(21)11-17(18)22/h1-6,11,16H,7-10,12H2,(H2,23,24,26). The van der Waals surface area contributed by atoms with Gasteiger partial charge in [-0.25, -0.2) is 4.79 Å². The highest BCUT2D eigenvalue weighted by atomic mass is 35.5. The number of carbonyl (C=O) groups is 1. The third-order valence-electron chi connectivity index (χ3n) is 4.42. The third kappa shape index (κ3) is 5.52. The van der Waals surface area contributed by atoms with Crippen molar-refractivity contribution in [2.24, 2.45) is 0 Å². The molecule has 1 aliphatic rings. The summed E-state index contributed by atoms with van der Waals surface area (Å²) in [6, 6.07) is 12.8. The third-order valence-corrected chi connectivity index (χ3v) is 5.22. The summed E-state index contributed by atoms with van der Waals surface area (Å²) < 4.78 is 0. The van der Waals surface area contributed by atoms with Crippen LogP contribution in [0.4, 0.5) is 10.5 Å². The molecule has 0 atom stereocenters. The Morgan fingerprint density at radius 1 is 1.00 bits per heavy atom. The first-order chi connectivity index (χ1) is 12.5. The number of amides is 2. The Morgan fingerprint density at radius 3 is 2.31 bits per heavy atom. The van der Waals surface area contributed by atoms with Crippen LogP contribution in [-0.2, 0) is 6.54 Å². The van der Waals surface area contributed by atoms with Crippen molar-refractivity contribution in [1.29, 1.82) is 0 Å². The van der Waals surface area contributed by atoms with E-state index < -0.39 is 0 Å². The molecule has 7 heteroatoms. The predicted molar refractivity (Wildman–Crippen MR) is 108 cm³/mol. The van der Waals surface area contributed by atoms with Gasteiger partial charge >= 0.3 is 6.03 Å². The molecule has 1 heterocycles. The van der Waals surface area contributed by atoms with Crippen LogP contribution >= 0.6 is 34.8 Å². The molecule has 0 bridgehead atoms. The lowest BCUT2D eigenvalue weighted by atomic mass is 10.0. The Labute approximate surface area is 168 Å². The average molecular weight is 413 g/mol. The molecule has 26 heavy (non-hydrogen) atoms. The van der Waals surface area contributed by atoms with Crippen molar-refractivity contribution in [2.75, 3.05) is 18.4 Å². The molecular formula is C19H20Cl3N3O. The molecule has 0 radical (unpaired) electrons. The molecule has 3 rings (SSSR count). The van der Waals surface area contributed by atoms with Crippen LogP contribution in [0.1, 0.15) is 18.4 Å². The first-order valence-corrected chi connectivity index (χ1v) is 9.62. The fraction of sp³-hybridized carbons (Fsp3) is 0.316. The molecule has 1 fully saturated rings. The Kier molecular flexibility index (Phi) is 6.65. The van der Waals surface area contributed by atoms with E-state index in [1.165, 1.54) is 5.56 Å². The Morgan fingerprint density at radius 2 is 1.65 bits per heavy atom. The van der Waals surface area contributed by atoms with Gasteiger partial charge in [-0.1, -0.05) is 46.9 Å². The van der Waals surface area contributed by atoms with E-state index in [0.717, 1.165) is 37.5 Å². The number of hydrogen-bond donors (Lipinski definition) is 2. The predicted octanol–water partition coefficient (Wildman–Crippen LogP) is 5.43. The van der Waals surface area contributed by atoms with Gasteiger partial charge in [-0.15, -0.1) is 0 Å². The van der Waals surface area contributed by atoms with E-state index in [1.54, 1.807) is 18.2 Å². The summed E-state index contributed by atoms with van der Waals surface area (Å²) in [7, 11) is 0. The Balaban J connectivity index is 1.44. The minimum atomic E-state index is -0.245. The zero-order valence-electron chi connectivity index (χ0n) is 14.1. The number of halogens is 3. The molecule has 0 saturated carbocycles. The molecule has 0 unspecified atom stereocenters. The van der Waals surface area contributed by atoms with E-state index in [1.807, 2.05) is 12.1 Å². The Hall–Kier alpha value is -1.46. The second kappa shape index (κ2) is 8.96. The van der Waals surface area contributed by atoms with Crippen molar-refractivity contribution >= 4 is 46.5 Å². The van der Waals surface area contributed by atoms with Crippen molar-refractivity contribution < 1.29 is 4.79 Å². The molecule has 0 aliphatic carbocycles. The number of rotatable bonds is 4. The summed E-state index contributed by atoms with van der Waals surface area (Å²) in [5, 5.41) is 7.50. The van der Waals surface area contributed by atoms with Gasteiger partial charge in [0.2, 0.25) is 0 Å². The van der Waals surface area contributed by atoms with Gasteiger partial charge in [0.25, 0.3) is 0 Å². The first kappa shape index (κ1) is 19.3. The van der Waals surface area contributed by atoms with Gasteiger partial charge in [-0.3, -0.25) is 4.90 Å². The topological polar surface area (TPSA) is 44.4 Å². The van der Waals surface area contributed by atoms with Crippen LogP contribution in [0.5, 0.6) is 0 Å². The molecule has 2 N–H and O–H groups in total. The number of likely N-dealkylation sites (tertiary alicyclic amines) is 1. The fourth-order valence-electron chi connectivity index (χ4n) is 3.02. The van der Waals surface area contributed by atoms with E-state index in [-0.39, 0.29) is 12.1 Å². The highest BCUT2D eigenvalue weighted by Gasteiger charge is 2.21. The molecule has 1 aliphatic heterocycles. The zero-order chi connectivity index (χ0) is 18.5. The number of anilines is 1. The van der Waals surface area contributed by atoms with Crippen LogP contribution in [0.15, 0.2) is 42.5 Å². The SMILES string of the molecule is O=C(Nc1ccc(Cl)cc1Cl)NC1CCN(Cc2ccc(Cl)cc2)CC1. The van der Waals surface area contributed by atoms with E-state index in [9.17, 15) is 4.79 Å². The summed E-state index contributed by atoms with van der Waals surface area (Å²) in [5.41, 5.74) is 1.80. The monoisotopic (exact) mass is 411 g/mol. The van der Waals surface area contributed by atoms with Gasteiger partial charge in [-0.05, 0) is 48.7 Å². The van der Waals surface area contributed by atoms with Crippen LogP contribution in [-0.4, -0.2) is 30.1 Å². The van der Waals surface area contributed by atoms with E-state index >= 15 is 0 Å². The fourth-order valence-corrected chi connectivity index (χ4v) is 3.60. The van der Waals surface area contributed by atoms with Gasteiger partial charge in [0.05, 0.1) is 10.7 Å². The van der Waals surface area contributed by atoms with Crippen LogP contribution in [0.2, 0.25) is 15.1 Å². The normalized spacial score (nSPS) is 15.7. The molecule has 0 aromatic heterocycles. The van der Waals surface area contributed by atoms with Crippen molar-refractivity contribution in [2.45, 2.75) is 25.4 Å². The van der Waals surface area contributed by atoms with Gasteiger partial charge in [0.15, 0.2) is 0 Å². The molecule has 2 aromatic carbocycles. The number of nitrogens with one attached hydrogen (secondary N) is 2. The maximum Gasteiger partial charge on any atom is 0.319 e. The van der Waals surface area contributed by atoms with E-state index in [2.05, 4.69) is 27.7 Å². The number of urea groups is 1. The van der Waals surface area contributed by atoms with E-state index in [4.69, 9.17) is 34.8 Å². The molecule has 4 nitrogen and oxygen atoms in total. The van der Waals surface area contributed by atoms with Crippen LogP contribution < -0.4 is 10.6 Å². The second-order valence-corrected chi connectivity index (χ2v) is 7.68. The quantitative estimate of drug-likeness (QED) is 0.703. The average Bonchev–Trinajstić information content (AvgIpc) is 2.61. The summed E-state index contributed by atoms with van der Waals surface area (Å²) in [6.45, 7) is 2.78. The summed E-state index contributed by atoms with van der Waals surface area (Å²) in [4.78, 5) is 14.6. The Bertz CT molecular complexity index is 759. The molecular weight excluding hydrogens is 393 g/mol. The van der Waals surface area contributed by atoms with Gasteiger partial charge in [0, 0.05) is 35.7 Å². The van der Waals surface area contributed by atoms with Crippen LogP contribution in [0.25, 0.3) is 0 Å². The summed E-state index contributed by atoms with van der Waals surface area (Å²) >= 11 is 17.9. The van der Waals surface area contributed by atoms with Gasteiger partial charge in [-0.2, -0.15) is 0 Å². The number of piperidine rings is 1. The number of hydrogen-bond acceptors (Lipinski definition) is 2. The lowest BCUT2D eigenvalue weighted by molar-refractivity contribution is 0.190. The minimum Gasteiger partial charge on any atom is -0.335 e. The summed E-state index contributed by atoms with van der Waals surface area (Å²) in [5.74, 6) is 0. The minimum absolute atomic E-state index is 0.155. The summed E-state index contributed by atoms with van der Waals surface area (Å²) in [6.07, 6.45) is 1.82. The van der Waals surface area contributed by atoms with E-state index in [0.29, 0.717) is 15.7 Å².